The van der Waals surface area contributed by atoms with Crippen LogP contribution >= 0.6 is 0 Å². The maximum absolute atomic E-state index is 4.35. The van der Waals surface area contributed by atoms with E-state index in [2.05, 4.69) is 37.1 Å². The van der Waals surface area contributed by atoms with Gasteiger partial charge in [-0.1, -0.05) is 13.0 Å². The van der Waals surface area contributed by atoms with E-state index in [9.17, 15) is 0 Å². The van der Waals surface area contributed by atoms with Crippen molar-refractivity contribution >= 4 is 11.6 Å². The first kappa shape index (κ1) is 16.7. The molecule has 0 spiro atoms. The lowest BCUT2D eigenvalue weighted by Crippen LogP contribution is -2.45. The number of aliphatic imine (C=N–C) groups is 1. The minimum atomic E-state index is 0.563. The van der Waals surface area contributed by atoms with Crippen molar-refractivity contribution in [3.8, 4) is 0 Å². The van der Waals surface area contributed by atoms with E-state index in [0.717, 1.165) is 42.7 Å². The van der Waals surface area contributed by atoms with E-state index in [-0.39, 0.29) is 0 Å². The van der Waals surface area contributed by atoms with E-state index in [1.807, 2.05) is 31.4 Å². The fourth-order valence-corrected chi connectivity index (χ4v) is 3.31. The van der Waals surface area contributed by atoms with Crippen molar-refractivity contribution in [1.29, 1.82) is 0 Å². The van der Waals surface area contributed by atoms with Gasteiger partial charge in [0.05, 0.1) is 0 Å². The Kier molecular flexibility index (Phi) is 5.67. The number of nitrogens with zero attached hydrogens (tertiary/aromatic N) is 4. The Bertz CT molecular complexity index is 669. The monoisotopic (exact) mass is 328 g/mol. The third-order valence-electron chi connectivity index (χ3n) is 4.83. The smallest absolute Gasteiger partial charge is 0.191 e. The predicted molar refractivity (Wildman–Crippen MR) is 97.2 cm³/mol. The number of guanidine groups is 1. The third-order valence-corrected chi connectivity index (χ3v) is 4.83. The van der Waals surface area contributed by atoms with Gasteiger partial charge in [-0.2, -0.15) is 0 Å². The molecule has 2 aromatic rings. The van der Waals surface area contributed by atoms with Crippen LogP contribution in [-0.2, 0) is 6.42 Å². The van der Waals surface area contributed by atoms with E-state index < -0.39 is 0 Å². The molecule has 0 aromatic carbocycles. The van der Waals surface area contributed by atoms with Crippen molar-refractivity contribution < 1.29 is 0 Å². The van der Waals surface area contributed by atoms with Crippen LogP contribution in [0.15, 0.2) is 29.4 Å². The molecule has 2 aromatic heterocycles. The molecule has 0 saturated heterocycles. The van der Waals surface area contributed by atoms with Crippen LogP contribution < -0.4 is 10.6 Å². The predicted octanol–water partition coefficient (Wildman–Crippen LogP) is 2.41. The summed E-state index contributed by atoms with van der Waals surface area (Å²) in [7, 11) is 1.84. The van der Waals surface area contributed by atoms with E-state index in [1.54, 1.807) is 0 Å². The standard InChI is InChI=1S/C18H28N6/c1-14-8-10-15(11-9-14)21-18(19-2)20-12-5-7-17-23-22-16-6-3-4-13-24(16)17/h3-4,6,13-15H,5,7-12H2,1-2H3,(H2,19,20,21). The zero-order valence-corrected chi connectivity index (χ0v) is 14.7. The van der Waals surface area contributed by atoms with Gasteiger partial charge in [0.1, 0.15) is 5.82 Å². The summed E-state index contributed by atoms with van der Waals surface area (Å²) < 4.78 is 2.05. The number of aromatic nitrogens is 3. The van der Waals surface area contributed by atoms with E-state index in [1.165, 1.54) is 25.7 Å². The van der Waals surface area contributed by atoms with Crippen LogP contribution in [0, 0.1) is 5.92 Å². The van der Waals surface area contributed by atoms with Gasteiger partial charge in [0, 0.05) is 32.3 Å². The summed E-state index contributed by atoms with van der Waals surface area (Å²) in [6.45, 7) is 3.22. The fourth-order valence-electron chi connectivity index (χ4n) is 3.31. The second-order valence-corrected chi connectivity index (χ2v) is 6.75. The summed E-state index contributed by atoms with van der Waals surface area (Å²) in [5.41, 5.74) is 0.907. The average Bonchev–Trinajstić information content (AvgIpc) is 3.02. The molecule has 1 fully saturated rings. The third kappa shape index (κ3) is 4.24. The van der Waals surface area contributed by atoms with Gasteiger partial charge >= 0.3 is 0 Å². The largest absolute Gasteiger partial charge is 0.356 e. The van der Waals surface area contributed by atoms with Gasteiger partial charge in [-0.15, -0.1) is 10.2 Å². The SMILES string of the molecule is CN=C(NCCCc1nnc2ccccn12)NC1CCC(C)CC1. The Morgan fingerprint density at radius 2 is 2.08 bits per heavy atom. The molecule has 1 aliphatic rings. The van der Waals surface area contributed by atoms with Gasteiger partial charge in [0.2, 0.25) is 0 Å². The number of nitrogens with one attached hydrogen (secondary N) is 2. The van der Waals surface area contributed by atoms with Gasteiger partial charge in [0.15, 0.2) is 11.6 Å². The molecule has 0 bridgehead atoms. The van der Waals surface area contributed by atoms with Crippen molar-refractivity contribution in [3.63, 3.8) is 0 Å². The summed E-state index contributed by atoms with van der Waals surface area (Å²) in [6.07, 6.45) is 9.03. The molecule has 1 saturated carbocycles. The Morgan fingerprint density at radius 3 is 2.88 bits per heavy atom. The fraction of sp³-hybridized carbons (Fsp3) is 0.611. The molecule has 0 aliphatic heterocycles. The molecule has 2 heterocycles. The second-order valence-electron chi connectivity index (χ2n) is 6.75. The summed E-state index contributed by atoms with van der Waals surface area (Å²) in [6, 6.07) is 6.53. The maximum atomic E-state index is 4.35. The highest BCUT2D eigenvalue weighted by Gasteiger charge is 2.18. The first-order valence-electron chi connectivity index (χ1n) is 9.02. The topological polar surface area (TPSA) is 66.6 Å². The Balaban J connectivity index is 1.42. The summed E-state index contributed by atoms with van der Waals surface area (Å²) in [5, 5.41) is 15.4. The van der Waals surface area contributed by atoms with Crippen LogP contribution in [0.2, 0.25) is 0 Å². The summed E-state index contributed by atoms with van der Waals surface area (Å²) in [5.74, 6) is 2.80. The first-order valence-corrected chi connectivity index (χ1v) is 9.02. The molecular formula is C18H28N6. The highest BCUT2D eigenvalue weighted by molar-refractivity contribution is 5.79. The van der Waals surface area contributed by atoms with Crippen molar-refractivity contribution in [2.75, 3.05) is 13.6 Å². The number of rotatable bonds is 5. The van der Waals surface area contributed by atoms with Gasteiger partial charge in [-0.05, 0) is 50.2 Å². The summed E-state index contributed by atoms with van der Waals surface area (Å²) >= 11 is 0. The van der Waals surface area contributed by atoms with Crippen molar-refractivity contribution in [3.05, 3.63) is 30.2 Å². The van der Waals surface area contributed by atoms with Crippen LogP contribution in [0.3, 0.4) is 0 Å². The van der Waals surface area contributed by atoms with Crippen molar-refractivity contribution in [2.45, 2.75) is 51.5 Å². The molecule has 0 amide bonds. The van der Waals surface area contributed by atoms with E-state index in [0.29, 0.717) is 6.04 Å². The first-order chi connectivity index (χ1) is 11.8. The molecule has 6 nitrogen and oxygen atoms in total. The molecular weight excluding hydrogens is 300 g/mol. The lowest BCUT2D eigenvalue weighted by atomic mass is 9.87. The molecule has 3 rings (SSSR count). The van der Waals surface area contributed by atoms with Gasteiger partial charge in [0.25, 0.3) is 0 Å². The van der Waals surface area contributed by atoms with Crippen molar-refractivity contribution in [2.24, 2.45) is 10.9 Å². The Labute approximate surface area is 143 Å². The number of aryl methyl sites for hydroxylation is 1. The minimum Gasteiger partial charge on any atom is -0.356 e. The molecule has 1 aliphatic carbocycles. The van der Waals surface area contributed by atoms with Crippen LogP contribution in [0.4, 0.5) is 0 Å². The summed E-state index contributed by atoms with van der Waals surface area (Å²) in [4.78, 5) is 4.35. The van der Waals surface area contributed by atoms with E-state index >= 15 is 0 Å². The normalized spacial score (nSPS) is 21.8. The molecule has 130 valence electrons. The molecule has 0 radical (unpaired) electrons. The molecule has 6 heteroatoms. The van der Waals surface area contributed by atoms with Gasteiger partial charge < -0.3 is 10.6 Å². The highest BCUT2D eigenvalue weighted by atomic mass is 15.2. The lowest BCUT2D eigenvalue weighted by molar-refractivity contribution is 0.329. The highest BCUT2D eigenvalue weighted by Crippen LogP contribution is 2.23. The van der Waals surface area contributed by atoms with Crippen LogP contribution in [0.25, 0.3) is 5.65 Å². The Hall–Kier alpha value is -2.11. The zero-order valence-electron chi connectivity index (χ0n) is 14.7. The second kappa shape index (κ2) is 8.13. The zero-order chi connectivity index (χ0) is 16.8. The van der Waals surface area contributed by atoms with Gasteiger partial charge in [-0.25, -0.2) is 0 Å². The van der Waals surface area contributed by atoms with E-state index in [4.69, 9.17) is 0 Å². The van der Waals surface area contributed by atoms with Crippen LogP contribution in [0.1, 0.15) is 44.9 Å². The molecule has 0 atom stereocenters. The molecule has 24 heavy (non-hydrogen) atoms. The number of pyridine rings is 1. The van der Waals surface area contributed by atoms with Crippen molar-refractivity contribution in [1.82, 2.24) is 25.2 Å². The number of hydrogen-bond donors (Lipinski definition) is 2. The van der Waals surface area contributed by atoms with Gasteiger partial charge in [-0.3, -0.25) is 9.39 Å². The van der Waals surface area contributed by atoms with Crippen LogP contribution in [-0.4, -0.2) is 40.2 Å². The number of fused-ring (bicyclic) bond motifs is 1. The molecule has 2 N–H and O–H groups in total. The van der Waals surface area contributed by atoms with Crippen LogP contribution in [0.5, 0.6) is 0 Å². The Morgan fingerprint density at radius 1 is 1.25 bits per heavy atom. The minimum absolute atomic E-state index is 0.563. The quantitative estimate of drug-likeness (QED) is 0.502. The lowest BCUT2D eigenvalue weighted by Gasteiger charge is -2.28. The maximum Gasteiger partial charge on any atom is 0.191 e. The molecule has 0 unspecified atom stereocenters. The number of hydrogen-bond acceptors (Lipinski definition) is 3. The average molecular weight is 328 g/mol.